The van der Waals surface area contributed by atoms with Gasteiger partial charge in [0.05, 0.1) is 6.61 Å². The van der Waals surface area contributed by atoms with Crippen LogP contribution in [0.4, 0.5) is 0 Å². The second-order valence-corrected chi connectivity index (χ2v) is 20.5. The first-order valence-electron chi connectivity index (χ1n) is 29.1. The number of ether oxygens (including phenoxy) is 4. The van der Waals surface area contributed by atoms with E-state index in [2.05, 4.69) is 13.8 Å². The summed E-state index contributed by atoms with van der Waals surface area (Å²) in [6.45, 7) is 3.89. The van der Waals surface area contributed by atoms with Crippen molar-refractivity contribution >= 4 is 17.9 Å². The molecule has 1 rings (SSSR count). The van der Waals surface area contributed by atoms with Gasteiger partial charge in [0.25, 0.3) is 0 Å². The average Bonchev–Trinajstić information content (AvgIpc) is 3.32. The summed E-state index contributed by atoms with van der Waals surface area (Å²) in [6.07, 6.45) is 44.5. The molecule has 68 heavy (non-hydrogen) atoms. The van der Waals surface area contributed by atoms with Crippen LogP contribution in [0.2, 0.25) is 0 Å². The number of carboxylic acids is 1. The van der Waals surface area contributed by atoms with E-state index in [4.69, 9.17) is 18.9 Å². The maximum Gasteiger partial charge on any atom is 0.335 e. The van der Waals surface area contributed by atoms with Crippen molar-refractivity contribution in [2.45, 2.75) is 333 Å². The van der Waals surface area contributed by atoms with Gasteiger partial charge in [0.15, 0.2) is 18.5 Å². The minimum Gasteiger partial charge on any atom is -0.479 e. The van der Waals surface area contributed by atoms with Crippen molar-refractivity contribution in [2.75, 3.05) is 13.2 Å². The lowest BCUT2D eigenvalue weighted by Crippen LogP contribution is -2.60. The molecule has 11 nitrogen and oxygen atoms in total. The van der Waals surface area contributed by atoms with E-state index in [1.54, 1.807) is 0 Å². The fraction of sp³-hybridized carbons (Fsp3) is 0.947. The quantitative estimate of drug-likeness (QED) is 0.0338. The number of unbranched alkanes of at least 4 members (excludes halogenated alkanes) is 40. The Labute approximate surface area is 416 Å². The van der Waals surface area contributed by atoms with Crippen molar-refractivity contribution in [3.8, 4) is 0 Å². The lowest BCUT2D eigenvalue weighted by atomic mass is 9.99. The van der Waals surface area contributed by atoms with Crippen LogP contribution in [0.5, 0.6) is 0 Å². The first-order chi connectivity index (χ1) is 33.2. The first kappa shape index (κ1) is 64.2. The summed E-state index contributed by atoms with van der Waals surface area (Å²) < 4.78 is 21.9. The Balaban J connectivity index is 2.22. The van der Waals surface area contributed by atoms with E-state index in [1.165, 1.54) is 218 Å². The minimum absolute atomic E-state index is 0.192. The van der Waals surface area contributed by atoms with E-state index < -0.39 is 54.7 Å². The molecule has 0 aromatic heterocycles. The molecule has 0 saturated carbocycles. The molecule has 1 heterocycles. The highest BCUT2D eigenvalue weighted by Gasteiger charge is 2.47. The fourth-order valence-corrected chi connectivity index (χ4v) is 9.41. The standard InChI is InChI=1S/C57H108O11/c1-3-5-7-9-11-13-15-17-19-21-23-25-27-29-31-33-35-37-39-41-43-45-50(58)65-47-49(48-66-57-54(62)52(60)53(61)55(68-57)56(63)64)67-51(59)46-44-42-40-38-36-34-32-30-28-26-24-22-20-18-16-14-12-10-8-6-4-2/h49,52-55,57,60-62H,3-48H2,1-2H3,(H,63,64). The van der Waals surface area contributed by atoms with Gasteiger partial charge < -0.3 is 39.4 Å². The molecule has 1 saturated heterocycles. The number of aliphatic hydroxyl groups excluding tert-OH is 3. The third kappa shape index (κ3) is 38.0. The highest BCUT2D eigenvalue weighted by Crippen LogP contribution is 2.24. The molecule has 11 heteroatoms. The van der Waals surface area contributed by atoms with E-state index in [-0.39, 0.29) is 26.1 Å². The van der Waals surface area contributed by atoms with Gasteiger partial charge >= 0.3 is 17.9 Å². The number of esters is 2. The molecular weight excluding hydrogens is 861 g/mol. The van der Waals surface area contributed by atoms with Gasteiger partial charge in [0.2, 0.25) is 0 Å². The maximum absolute atomic E-state index is 12.9. The van der Waals surface area contributed by atoms with Crippen LogP contribution in [0.25, 0.3) is 0 Å². The van der Waals surface area contributed by atoms with Crippen molar-refractivity contribution < 1.29 is 53.8 Å². The molecule has 0 aliphatic carbocycles. The zero-order valence-electron chi connectivity index (χ0n) is 44.1. The SMILES string of the molecule is CCCCCCCCCCCCCCCCCCCCCCCC(=O)OCC(COC1OC(C(=O)O)C(O)C(O)C1O)OC(=O)CCCCCCCCCCCCCCCCCCCCCCC. The molecule has 402 valence electrons. The molecule has 4 N–H and O–H groups in total. The van der Waals surface area contributed by atoms with Gasteiger partial charge in [-0.1, -0.05) is 271 Å². The molecule has 0 spiro atoms. The Morgan fingerprint density at radius 2 is 0.691 bits per heavy atom. The molecule has 1 aliphatic heterocycles. The molecule has 6 atom stereocenters. The van der Waals surface area contributed by atoms with Crippen molar-refractivity contribution in [1.29, 1.82) is 0 Å². The number of rotatable bonds is 51. The van der Waals surface area contributed by atoms with Crippen LogP contribution < -0.4 is 0 Å². The number of carboxylic acid groups (broad SMARTS) is 1. The van der Waals surface area contributed by atoms with Gasteiger partial charge in [-0.15, -0.1) is 0 Å². The summed E-state index contributed by atoms with van der Waals surface area (Å²) in [5.74, 6) is -2.41. The Morgan fingerprint density at radius 3 is 1.00 bits per heavy atom. The van der Waals surface area contributed by atoms with Crippen LogP contribution in [0.3, 0.4) is 0 Å². The Bertz CT molecular complexity index is 1140. The van der Waals surface area contributed by atoms with Crippen LogP contribution in [-0.2, 0) is 33.3 Å². The summed E-state index contributed by atoms with van der Waals surface area (Å²) in [5.41, 5.74) is 0. The summed E-state index contributed by atoms with van der Waals surface area (Å²) in [6, 6.07) is 0. The number of aliphatic hydroxyl groups is 3. The van der Waals surface area contributed by atoms with Crippen LogP contribution in [-0.4, -0.2) is 88.4 Å². The third-order valence-electron chi connectivity index (χ3n) is 14.0. The number of carbonyl (C=O) groups is 3. The van der Waals surface area contributed by atoms with Crippen molar-refractivity contribution in [2.24, 2.45) is 0 Å². The van der Waals surface area contributed by atoms with E-state index in [9.17, 15) is 34.8 Å². The maximum atomic E-state index is 12.9. The fourth-order valence-electron chi connectivity index (χ4n) is 9.41. The van der Waals surface area contributed by atoms with Crippen molar-refractivity contribution in [3.05, 3.63) is 0 Å². The lowest BCUT2D eigenvalue weighted by Gasteiger charge is -2.38. The summed E-state index contributed by atoms with van der Waals surface area (Å²) in [5, 5.41) is 40.0. The smallest absolute Gasteiger partial charge is 0.335 e. The van der Waals surface area contributed by atoms with Crippen LogP contribution >= 0.6 is 0 Å². The topological polar surface area (TPSA) is 169 Å². The number of carbonyl (C=O) groups excluding carboxylic acids is 2. The highest BCUT2D eigenvalue weighted by molar-refractivity contribution is 5.73. The zero-order chi connectivity index (χ0) is 49.6. The van der Waals surface area contributed by atoms with Gasteiger partial charge in [0.1, 0.15) is 24.9 Å². The second-order valence-electron chi connectivity index (χ2n) is 20.5. The van der Waals surface area contributed by atoms with E-state index in [0.717, 1.165) is 38.5 Å². The van der Waals surface area contributed by atoms with Crippen LogP contribution in [0.1, 0.15) is 296 Å². The molecule has 0 amide bonds. The van der Waals surface area contributed by atoms with E-state index >= 15 is 0 Å². The monoisotopic (exact) mass is 969 g/mol. The molecule has 6 unspecified atom stereocenters. The lowest BCUT2D eigenvalue weighted by molar-refractivity contribution is -0.298. The molecule has 0 radical (unpaired) electrons. The first-order valence-corrected chi connectivity index (χ1v) is 29.1. The Morgan fingerprint density at radius 1 is 0.397 bits per heavy atom. The zero-order valence-corrected chi connectivity index (χ0v) is 44.1. The number of aliphatic carboxylic acids is 1. The number of hydrogen-bond acceptors (Lipinski definition) is 10. The average molecular weight is 969 g/mol. The van der Waals surface area contributed by atoms with Gasteiger partial charge in [0, 0.05) is 12.8 Å². The third-order valence-corrected chi connectivity index (χ3v) is 14.0. The predicted octanol–water partition coefficient (Wildman–Crippen LogP) is 14.6. The van der Waals surface area contributed by atoms with Crippen molar-refractivity contribution in [3.63, 3.8) is 0 Å². The molecule has 0 aromatic carbocycles. The molecule has 1 fully saturated rings. The van der Waals surface area contributed by atoms with Gasteiger partial charge in [-0.25, -0.2) is 4.79 Å². The summed E-state index contributed by atoms with van der Waals surface area (Å²) in [7, 11) is 0. The Hall–Kier alpha value is -1.79. The Kier molecular flexibility index (Phi) is 44.9. The summed E-state index contributed by atoms with van der Waals surface area (Å²) in [4.78, 5) is 37.1. The molecule has 0 aromatic rings. The van der Waals surface area contributed by atoms with Crippen LogP contribution in [0.15, 0.2) is 0 Å². The minimum atomic E-state index is -1.86. The number of hydrogen-bond donors (Lipinski definition) is 4. The highest BCUT2D eigenvalue weighted by atomic mass is 16.7. The normalized spacial score (nSPS) is 18.8. The second kappa shape index (κ2) is 47.5. The predicted molar refractivity (Wildman–Crippen MR) is 276 cm³/mol. The van der Waals surface area contributed by atoms with Gasteiger partial charge in [-0.3, -0.25) is 9.59 Å². The molecule has 0 bridgehead atoms. The van der Waals surface area contributed by atoms with E-state index in [0.29, 0.717) is 12.8 Å². The summed E-state index contributed by atoms with van der Waals surface area (Å²) >= 11 is 0. The van der Waals surface area contributed by atoms with E-state index in [1.807, 2.05) is 0 Å². The largest absolute Gasteiger partial charge is 0.479 e. The van der Waals surface area contributed by atoms with Gasteiger partial charge in [-0.05, 0) is 12.8 Å². The van der Waals surface area contributed by atoms with Gasteiger partial charge in [-0.2, -0.15) is 0 Å². The van der Waals surface area contributed by atoms with Crippen molar-refractivity contribution in [1.82, 2.24) is 0 Å². The van der Waals surface area contributed by atoms with Crippen LogP contribution in [0, 0.1) is 0 Å². The molecular formula is C57H108O11. The molecule has 1 aliphatic rings.